The molecular weight excluding hydrogens is 164 g/mol. The van der Waals surface area contributed by atoms with Crippen LogP contribution in [-0.4, -0.2) is 12.6 Å². The number of aryl methyl sites for hydroxylation is 1. The van der Waals surface area contributed by atoms with Crippen LogP contribution in [0.15, 0.2) is 24.3 Å². The van der Waals surface area contributed by atoms with E-state index in [0.29, 0.717) is 5.56 Å². The number of nitrogens with one attached hydrogen (secondary N) is 1. The highest BCUT2D eigenvalue weighted by Crippen LogP contribution is 2.05. The number of nitrogens with zero attached hydrogens (tertiary/aromatic N) is 1. The molecule has 0 atom stereocenters. The van der Waals surface area contributed by atoms with E-state index >= 15 is 0 Å². The topological polar surface area (TPSA) is 33.5 Å². The molecule has 0 aromatic heterocycles. The molecule has 1 N–H and O–H groups in total. The maximum absolute atomic E-state index is 11.4. The van der Waals surface area contributed by atoms with Crippen LogP contribution in [-0.2, 0) is 0 Å². The van der Waals surface area contributed by atoms with Crippen LogP contribution in [0.3, 0.4) is 0 Å². The van der Waals surface area contributed by atoms with Crippen molar-refractivity contribution in [3.8, 4) is 0 Å². The van der Waals surface area contributed by atoms with Crippen molar-refractivity contribution in [2.75, 3.05) is 6.67 Å². The summed E-state index contributed by atoms with van der Waals surface area (Å²) in [7, 11) is 0. The smallest absolute Gasteiger partial charge is 0.289 e. The lowest BCUT2D eigenvalue weighted by atomic mass is 10.1. The average molecular weight is 174 g/mol. The summed E-state index contributed by atoms with van der Waals surface area (Å²) in [5.74, 6) is -0.186. The van der Waals surface area contributed by atoms with Crippen LogP contribution >= 0.6 is 0 Å². The lowest BCUT2D eigenvalue weighted by Gasteiger charge is -2.02. The van der Waals surface area contributed by atoms with Crippen molar-refractivity contribution in [2.45, 2.75) is 6.92 Å². The highest BCUT2D eigenvalue weighted by atomic mass is 16.1. The lowest BCUT2D eigenvalue weighted by Crippen LogP contribution is -2.23. The molecule has 0 saturated heterocycles. The molecule has 0 aliphatic heterocycles. The molecule has 0 bridgehead atoms. The first-order valence-electron chi connectivity index (χ1n) is 3.92. The van der Waals surface area contributed by atoms with Crippen molar-refractivity contribution < 1.29 is 4.79 Å². The summed E-state index contributed by atoms with van der Waals surface area (Å²) in [5.41, 5.74) is 1.55. The first kappa shape index (κ1) is 9.27. The van der Waals surface area contributed by atoms with Crippen molar-refractivity contribution in [3.05, 3.63) is 46.8 Å². The number of carbonyl (C=O) groups is 1. The van der Waals surface area contributed by atoms with Gasteiger partial charge in [-0.05, 0) is 18.6 Å². The summed E-state index contributed by atoms with van der Waals surface area (Å²) in [6, 6.07) is 7.29. The van der Waals surface area contributed by atoms with Gasteiger partial charge < -0.3 is 0 Å². The molecule has 0 aliphatic rings. The third-order valence-electron chi connectivity index (χ3n) is 1.71. The van der Waals surface area contributed by atoms with Crippen molar-refractivity contribution in [1.29, 1.82) is 0 Å². The Hall–Kier alpha value is -1.82. The van der Waals surface area contributed by atoms with E-state index in [1.807, 2.05) is 19.1 Å². The second-order valence-corrected chi connectivity index (χ2v) is 2.64. The molecule has 13 heavy (non-hydrogen) atoms. The lowest BCUT2D eigenvalue weighted by molar-refractivity contribution is 0.0957. The van der Waals surface area contributed by atoms with Gasteiger partial charge in [-0.3, -0.25) is 15.0 Å². The molecule has 3 nitrogen and oxygen atoms in total. The van der Waals surface area contributed by atoms with Crippen molar-refractivity contribution in [1.82, 2.24) is 5.32 Å². The van der Waals surface area contributed by atoms with Crippen molar-refractivity contribution in [3.63, 3.8) is 0 Å². The van der Waals surface area contributed by atoms with Crippen molar-refractivity contribution >= 4 is 5.91 Å². The molecule has 0 saturated carbocycles. The molecule has 0 radical (unpaired) electrons. The van der Waals surface area contributed by atoms with Crippen LogP contribution in [0.25, 0.3) is 4.85 Å². The fourth-order valence-corrected chi connectivity index (χ4v) is 1.03. The average Bonchev–Trinajstić information content (AvgIpc) is 2.15. The third-order valence-corrected chi connectivity index (χ3v) is 1.71. The van der Waals surface area contributed by atoms with E-state index in [4.69, 9.17) is 6.57 Å². The number of hydrogen-bond donors (Lipinski definition) is 1. The van der Waals surface area contributed by atoms with Crippen LogP contribution < -0.4 is 5.32 Å². The summed E-state index contributed by atoms with van der Waals surface area (Å²) >= 11 is 0. The van der Waals surface area contributed by atoms with E-state index in [1.54, 1.807) is 12.1 Å². The van der Waals surface area contributed by atoms with E-state index < -0.39 is 0 Å². The first-order chi connectivity index (χ1) is 6.25. The summed E-state index contributed by atoms with van der Waals surface area (Å²) in [6.45, 7) is 8.43. The first-order valence-corrected chi connectivity index (χ1v) is 3.92. The van der Waals surface area contributed by atoms with Crippen LogP contribution in [0.4, 0.5) is 0 Å². The predicted octanol–water partition coefficient (Wildman–Crippen LogP) is 1.60. The highest BCUT2D eigenvalue weighted by molar-refractivity contribution is 5.95. The van der Waals surface area contributed by atoms with Gasteiger partial charge >= 0.3 is 0 Å². The van der Waals surface area contributed by atoms with E-state index in [0.717, 1.165) is 5.56 Å². The predicted molar refractivity (Wildman–Crippen MR) is 50.1 cm³/mol. The summed E-state index contributed by atoms with van der Waals surface area (Å²) in [4.78, 5) is 14.4. The van der Waals surface area contributed by atoms with E-state index in [2.05, 4.69) is 10.2 Å². The molecular formula is C10H10N2O. The Balaban J connectivity index is 2.78. The standard InChI is InChI=1S/C10H10N2O/c1-8-5-3-4-6-9(8)10(13)12-7-11-2/h3-6H,7H2,1H3,(H,12,13). The van der Waals surface area contributed by atoms with Gasteiger partial charge in [0.25, 0.3) is 12.6 Å². The van der Waals surface area contributed by atoms with E-state index in [-0.39, 0.29) is 12.6 Å². The van der Waals surface area contributed by atoms with Gasteiger partial charge in [0.05, 0.1) is 0 Å². The summed E-state index contributed by atoms with van der Waals surface area (Å²) in [6.07, 6.45) is 0. The fourth-order valence-electron chi connectivity index (χ4n) is 1.03. The van der Waals surface area contributed by atoms with Crippen molar-refractivity contribution in [2.24, 2.45) is 0 Å². The monoisotopic (exact) mass is 174 g/mol. The molecule has 1 aromatic carbocycles. The minimum absolute atomic E-state index is 0.0349. The van der Waals surface area contributed by atoms with Crippen LogP contribution in [0, 0.1) is 13.5 Å². The highest BCUT2D eigenvalue weighted by Gasteiger charge is 2.06. The molecule has 0 spiro atoms. The number of hydrogen-bond acceptors (Lipinski definition) is 1. The second-order valence-electron chi connectivity index (χ2n) is 2.64. The molecule has 66 valence electrons. The van der Waals surface area contributed by atoms with Crippen LogP contribution in [0.5, 0.6) is 0 Å². The van der Waals surface area contributed by atoms with Gasteiger partial charge in [-0.1, -0.05) is 18.2 Å². The molecule has 0 heterocycles. The Bertz CT molecular complexity index is 352. The van der Waals surface area contributed by atoms with Gasteiger partial charge in [-0.2, -0.15) is 0 Å². The minimum atomic E-state index is -0.186. The van der Waals surface area contributed by atoms with Gasteiger partial charge in [0, 0.05) is 5.56 Å². The molecule has 0 unspecified atom stereocenters. The number of carbonyl (C=O) groups excluding carboxylic acids is 1. The van der Waals surface area contributed by atoms with Gasteiger partial charge in [-0.25, -0.2) is 6.57 Å². The molecule has 1 rings (SSSR count). The molecule has 0 fully saturated rings. The Kier molecular flexibility index (Phi) is 3.04. The summed E-state index contributed by atoms with van der Waals surface area (Å²) < 4.78 is 0. The normalized spacial score (nSPS) is 8.92. The molecule has 1 amide bonds. The molecule has 1 aromatic rings. The van der Waals surface area contributed by atoms with E-state index in [1.165, 1.54) is 0 Å². The Morgan fingerprint density at radius 1 is 1.54 bits per heavy atom. The van der Waals surface area contributed by atoms with Gasteiger partial charge in [0.2, 0.25) is 0 Å². The quantitative estimate of drug-likeness (QED) is 0.679. The number of benzene rings is 1. The van der Waals surface area contributed by atoms with Crippen LogP contribution in [0.1, 0.15) is 15.9 Å². The zero-order valence-electron chi connectivity index (χ0n) is 7.37. The van der Waals surface area contributed by atoms with Crippen LogP contribution in [0.2, 0.25) is 0 Å². The third kappa shape index (κ3) is 2.31. The summed E-state index contributed by atoms with van der Waals surface area (Å²) in [5, 5.41) is 2.50. The Morgan fingerprint density at radius 3 is 2.85 bits per heavy atom. The fraction of sp³-hybridized carbons (Fsp3) is 0.200. The largest absolute Gasteiger partial charge is 0.293 e. The zero-order valence-corrected chi connectivity index (χ0v) is 7.37. The van der Waals surface area contributed by atoms with Gasteiger partial charge in [0.1, 0.15) is 0 Å². The minimum Gasteiger partial charge on any atom is -0.293 e. The maximum Gasteiger partial charge on any atom is 0.289 e. The number of amides is 1. The zero-order chi connectivity index (χ0) is 9.68. The molecule has 3 heteroatoms. The maximum atomic E-state index is 11.4. The second kappa shape index (κ2) is 4.27. The Labute approximate surface area is 77.2 Å². The number of rotatable bonds is 2. The molecule has 0 aliphatic carbocycles. The van der Waals surface area contributed by atoms with Gasteiger partial charge in [-0.15, -0.1) is 0 Å². The SMILES string of the molecule is [C-]#[N+]CNC(=O)c1ccccc1C. The van der Waals surface area contributed by atoms with Gasteiger partial charge in [0.15, 0.2) is 0 Å². The Morgan fingerprint density at radius 2 is 2.23 bits per heavy atom. The van der Waals surface area contributed by atoms with E-state index in [9.17, 15) is 4.79 Å².